The Balaban J connectivity index is 3.79. The minimum atomic E-state index is -0.818. The van der Waals surface area contributed by atoms with Crippen LogP contribution in [0.5, 0.6) is 0 Å². The van der Waals surface area contributed by atoms with Gasteiger partial charge < -0.3 is 19.7 Å². The van der Waals surface area contributed by atoms with Crippen LogP contribution in [0.1, 0.15) is 149 Å². The molecule has 0 radical (unpaired) electrons. The van der Waals surface area contributed by atoms with Crippen LogP contribution in [-0.2, 0) is 19.1 Å². The second-order valence-corrected chi connectivity index (χ2v) is 12.3. The molecule has 6 nitrogen and oxygen atoms in total. The van der Waals surface area contributed by atoms with E-state index in [2.05, 4.69) is 26.8 Å². The number of hydrogen-bond acceptors (Lipinski definition) is 6. The number of allylic oxidation sites excluding steroid dienone is 6. The standard InChI is InChI=1S/C38H66O6/c1-4-5-6-7-18-23-28-35(40)29-24-19-14-11-12-16-21-26-31-38(42)44-36(32-39)33-43-37(41)30-25-20-15-10-8-9-13-17-22-27-34(2)3/h12,14,16,18-19,23-24,29,34-36,39-40H,4-11,13,15,17,20-22,25-28,30-33H2,1-3H3/b16-12-,19-14-,23-18-,29-24+/t35-,36-/m0/s1. The Bertz CT molecular complexity index is 782. The second kappa shape index (κ2) is 32.2. The molecule has 254 valence electrons. The molecule has 0 rings (SSSR count). The van der Waals surface area contributed by atoms with Gasteiger partial charge in [0.25, 0.3) is 0 Å². The number of aliphatic hydroxyl groups is 2. The lowest BCUT2D eigenvalue weighted by Crippen LogP contribution is -2.28. The largest absolute Gasteiger partial charge is 0.462 e. The van der Waals surface area contributed by atoms with Crippen LogP contribution in [-0.4, -0.2) is 47.6 Å². The van der Waals surface area contributed by atoms with E-state index in [1.165, 1.54) is 64.2 Å². The van der Waals surface area contributed by atoms with Gasteiger partial charge in [0.2, 0.25) is 0 Å². The van der Waals surface area contributed by atoms with Crippen molar-refractivity contribution < 1.29 is 29.3 Å². The Morgan fingerprint density at radius 1 is 0.705 bits per heavy atom. The Labute approximate surface area is 270 Å². The fourth-order valence-electron chi connectivity index (χ4n) is 4.64. The average Bonchev–Trinajstić information content (AvgIpc) is 3.00. The number of hydrogen-bond donors (Lipinski definition) is 2. The van der Waals surface area contributed by atoms with Crippen LogP contribution in [0.2, 0.25) is 0 Å². The van der Waals surface area contributed by atoms with Crippen LogP contribution < -0.4 is 0 Å². The van der Waals surface area contributed by atoms with Crippen LogP contribution in [0.3, 0.4) is 0 Å². The maximum absolute atomic E-state index is 12.1. The molecule has 0 amide bonds. The molecular weight excluding hydrogens is 552 g/mol. The van der Waals surface area contributed by atoms with Gasteiger partial charge in [-0.1, -0.05) is 140 Å². The van der Waals surface area contributed by atoms with Gasteiger partial charge in [0, 0.05) is 12.8 Å². The van der Waals surface area contributed by atoms with Gasteiger partial charge in [-0.3, -0.25) is 9.59 Å². The van der Waals surface area contributed by atoms with Gasteiger partial charge >= 0.3 is 11.9 Å². The fourth-order valence-corrected chi connectivity index (χ4v) is 4.64. The zero-order valence-electron chi connectivity index (χ0n) is 28.4. The lowest BCUT2D eigenvalue weighted by atomic mass is 10.0. The Kier molecular flexibility index (Phi) is 30.6. The second-order valence-electron chi connectivity index (χ2n) is 12.3. The summed E-state index contributed by atoms with van der Waals surface area (Å²) in [6, 6.07) is 0. The van der Waals surface area contributed by atoms with E-state index in [4.69, 9.17) is 9.47 Å². The van der Waals surface area contributed by atoms with E-state index in [0.717, 1.165) is 44.4 Å². The zero-order chi connectivity index (χ0) is 32.5. The van der Waals surface area contributed by atoms with Gasteiger partial charge in [0.15, 0.2) is 6.10 Å². The Morgan fingerprint density at radius 2 is 1.34 bits per heavy atom. The van der Waals surface area contributed by atoms with E-state index >= 15 is 0 Å². The molecule has 0 aromatic carbocycles. The molecular formula is C38H66O6. The highest BCUT2D eigenvalue weighted by Gasteiger charge is 2.15. The lowest BCUT2D eigenvalue weighted by Gasteiger charge is -2.15. The summed E-state index contributed by atoms with van der Waals surface area (Å²) in [6.45, 7) is 6.28. The molecule has 2 atom stereocenters. The summed E-state index contributed by atoms with van der Waals surface area (Å²) in [5, 5.41) is 19.5. The van der Waals surface area contributed by atoms with Crippen molar-refractivity contribution in [2.24, 2.45) is 5.92 Å². The quantitative estimate of drug-likeness (QED) is 0.0360. The first-order valence-electron chi connectivity index (χ1n) is 17.7. The number of rotatable bonds is 30. The summed E-state index contributed by atoms with van der Waals surface area (Å²) in [7, 11) is 0. The van der Waals surface area contributed by atoms with E-state index in [-0.39, 0.29) is 25.6 Å². The van der Waals surface area contributed by atoms with E-state index in [1.807, 2.05) is 36.5 Å². The Hall–Kier alpha value is -2.18. The number of esters is 2. The highest BCUT2D eigenvalue weighted by atomic mass is 16.6. The first kappa shape index (κ1) is 41.8. The smallest absolute Gasteiger partial charge is 0.306 e. The molecule has 0 saturated heterocycles. The highest BCUT2D eigenvalue weighted by molar-refractivity contribution is 5.70. The molecule has 0 unspecified atom stereocenters. The maximum Gasteiger partial charge on any atom is 0.306 e. The summed E-state index contributed by atoms with van der Waals surface area (Å²) >= 11 is 0. The van der Waals surface area contributed by atoms with Crippen molar-refractivity contribution in [1.82, 2.24) is 0 Å². The molecule has 0 aromatic heterocycles. The fraction of sp³-hybridized carbons (Fsp3) is 0.737. The summed E-state index contributed by atoms with van der Waals surface area (Å²) in [6.07, 6.45) is 34.9. The van der Waals surface area contributed by atoms with Gasteiger partial charge in [-0.05, 0) is 50.9 Å². The molecule has 0 aliphatic carbocycles. The third-order valence-corrected chi connectivity index (χ3v) is 7.38. The predicted molar refractivity (Wildman–Crippen MR) is 183 cm³/mol. The van der Waals surface area contributed by atoms with Crippen molar-refractivity contribution >= 4 is 11.9 Å². The number of ether oxygens (including phenoxy) is 2. The third kappa shape index (κ3) is 31.3. The van der Waals surface area contributed by atoms with E-state index in [0.29, 0.717) is 19.3 Å². The first-order chi connectivity index (χ1) is 21.4. The highest BCUT2D eigenvalue weighted by Crippen LogP contribution is 2.14. The summed E-state index contributed by atoms with van der Waals surface area (Å²) in [4.78, 5) is 24.1. The van der Waals surface area contributed by atoms with Gasteiger partial charge in [-0.15, -0.1) is 0 Å². The molecule has 0 saturated carbocycles. The van der Waals surface area contributed by atoms with E-state index in [9.17, 15) is 19.8 Å². The molecule has 0 aliphatic rings. The average molecular weight is 619 g/mol. The molecule has 0 bridgehead atoms. The third-order valence-electron chi connectivity index (χ3n) is 7.38. The number of carbonyl (C=O) groups is 2. The Morgan fingerprint density at radius 3 is 2.02 bits per heavy atom. The van der Waals surface area contributed by atoms with Crippen LogP contribution >= 0.6 is 0 Å². The first-order valence-corrected chi connectivity index (χ1v) is 17.7. The van der Waals surface area contributed by atoms with Gasteiger partial charge in [-0.2, -0.15) is 0 Å². The molecule has 0 aliphatic heterocycles. The van der Waals surface area contributed by atoms with Gasteiger partial charge in [-0.25, -0.2) is 0 Å². The van der Waals surface area contributed by atoms with Crippen LogP contribution in [0.15, 0.2) is 48.6 Å². The molecule has 0 heterocycles. The molecule has 44 heavy (non-hydrogen) atoms. The van der Waals surface area contributed by atoms with Crippen molar-refractivity contribution in [2.45, 2.75) is 161 Å². The van der Waals surface area contributed by atoms with Crippen LogP contribution in [0.4, 0.5) is 0 Å². The molecule has 0 spiro atoms. The van der Waals surface area contributed by atoms with Crippen LogP contribution in [0.25, 0.3) is 0 Å². The number of carbonyl (C=O) groups excluding carboxylic acids is 2. The van der Waals surface area contributed by atoms with Crippen molar-refractivity contribution in [1.29, 1.82) is 0 Å². The minimum absolute atomic E-state index is 0.106. The SMILES string of the molecule is CCCCC/C=C\C[C@H](O)/C=C/C=C\C/C=C\CCCC(=O)O[C@@H](CO)COC(=O)CCCCCCCCCCCC(C)C. The van der Waals surface area contributed by atoms with Crippen molar-refractivity contribution in [3.8, 4) is 0 Å². The van der Waals surface area contributed by atoms with Gasteiger partial charge in [0.05, 0.1) is 12.7 Å². The van der Waals surface area contributed by atoms with Gasteiger partial charge in [0.1, 0.15) is 6.61 Å². The molecule has 6 heteroatoms. The summed E-state index contributed by atoms with van der Waals surface area (Å²) in [5.74, 6) is 0.108. The topological polar surface area (TPSA) is 93.1 Å². The van der Waals surface area contributed by atoms with Crippen molar-refractivity contribution in [2.75, 3.05) is 13.2 Å². The number of aliphatic hydroxyl groups excluding tert-OH is 2. The maximum atomic E-state index is 12.1. The summed E-state index contributed by atoms with van der Waals surface area (Å²) < 4.78 is 10.5. The monoisotopic (exact) mass is 618 g/mol. The molecule has 0 fully saturated rings. The van der Waals surface area contributed by atoms with E-state index < -0.39 is 18.2 Å². The zero-order valence-corrected chi connectivity index (χ0v) is 28.4. The minimum Gasteiger partial charge on any atom is -0.462 e. The normalized spacial score (nSPS) is 13.6. The van der Waals surface area contributed by atoms with Crippen LogP contribution in [0, 0.1) is 5.92 Å². The number of unbranched alkanes of at least 4 members (excludes halogenated alkanes) is 12. The lowest BCUT2D eigenvalue weighted by molar-refractivity contribution is -0.161. The molecule has 0 aromatic rings. The van der Waals surface area contributed by atoms with Crippen molar-refractivity contribution in [3.05, 3.63) is 48.6 Å². The summed E-state index contributed by atoms with van der Waals surface area (Å²) in [5.41, 5.74) is 0. The predicted octanol–water partition coefficient (Wildman–Crippen LogP) is 9.50. The molecule has 2 N–H and O–H groups in total. The van der Waals surface area contributed by atoms with E-state index in [1.54, 1.807) is 6.08 Å². The van der Waals surface area contributed by atoms with Crippen molar-refractivity contribution in [3.63, 3.8) is 0 Å².